The van der Waals surface area contributed by atoms with Gasteiger partial charge in [-0.15, -0.1) is 12.6 Å². The molecule has 0 aliphatic rings. The predicted molar refractivity (Wildman–Crippen MR) is 54.2 cm³/mol. The molecule has 0 saturated heterocycles. The van der Waals surface area contributed by atoms with Crippen LogP contribution < -0.4 is 11.3 Å². The third kappa shape index (κ3) is 1.77. The monoisotopic (exact) mass is 266 g/mol. The number of benzene rings is 1. The van der Waals surface area contributed by atoms with Crippen LogP contribution in [-0.4, -0.2) is 0 Å². The van der Waals surface area contributed by atoms with Gasteiger partial charge in [0.1, 0.15) is 0 Å². The highest BCUT2D eigenvalue weighted by Crippen LogP contribution is 2.20. The average molecular weight is 266 g/mol. The topological polar surface area (TPSA) is 38.0 Å². The number of anilines is 1. The summed E-state index contributed by atoms with van der Waals surface area (Å²) in [5.41, 5.74) is 3.39. The third-order valence-corrected chi connectivity index (χ3v) is 2.16. The van der Waals surface area contributed by atoms with Crippen LogP contribution >= 0.6 is 35.2 Å². The van der Waals surface area contributed by atoms with Gasteiger partial charge in [-0.3, -0.25) is 5.84 Å². The average Bonchev–Trinajstić information content (AvgIpc) is 1.88. The van der Waals surface area contributed by atoms with Gasteiger partial charge in [-0.1, -0.05) is 0 Å². The first-order valence-corrected chi connectivity index (χ1v) is 4.22. The Morgan fingerprint density at radius 3 is 2.70 bits per heavy atom. The number of halogens is 1. The Morgan fingerprint density at radius 1 is 1.50 bits per heavy atom. The Hall–Kier alpha value is 0.0600. The van der Waals surface area contributed by atoms with Crippen molar-refractivity contribution in [1.82, 2.24) is 0 Å². The maximum atomic E-state index is 5.20. The molecule has 1 aromatic carbocycles. The number of nitrogens with two attached hydrogens (primary N) is 1. The van der Waals surface area contributed by atoms with Crippen molar-refractivity contribution < 1.29 is 0 Å². The zero-order valence-electron chi connectivity index (χ0n) is 5.13. The molecule has 0 heterocycles. The van der Waals surface area contributed by atoms with Crippen LogP contribution in [0.1, 0.15) is 0 Å². The van der Waals surface area contributed by atoms with Gasteiger partial charge >= 0.3 is 0 Å². The zero-order chi connectivity index (χ0) is 7.56. The summed E-state index contributed by atoms with van der Waals surface area (Å²) in [6.45, 7) is 0. The first-order valence-electron chi connectivity index (χ1n) is 2.69. The maximum absolute atomic E-state index is 5.20. The smallest absolute Gasteiger partial charge is 0.0619 e. The summed E-state index contributed by atoms with van der Waals surface area (Å²) in [5.74, 6) is 5.20. The molecule has 54 valence electrons. The molecule has 0 aliphatic carbocycles. The molecule has 0 spiro atoms. The van der Waals surface area contributed by atoms with E-state index in [9.17, 15) is 0 Å². The molecular formula is C6H7IN2S. The summed E-state index contributed by atoms with van der Waals surface area (Å²) in [6.07, 6.45) is 0. The van der Waals surface area contributed by atoms with Gasteiger partial charge in [0.15, 0.2) is 0 Å². The quantitative estimate of drug-likeness (QED) is 0.314. The summed E-state index contributed by atoms with van der Waals surface area (Å²) in [5, 5.41) is 0. The van der Waals surface area contributed by atoms with Crippen LogP contribution in [0.4, 0.5) is 5.69 Å². The first kappa shape index (κ1) is 8.16. The Labute approximate surface area is 78.7 Å². The van der Waals surface area contributed by atoms with Crippen molar-refractivity contribution >= 4 is 40.9 Å². The van der Waals surface area contributed by atoms with Crippen LogP contribution in [0, 0.1) is 3.57 Å². The van der Waals surface area contributed by atoms with Gasteiger partial charge in [0.2, 0.25) is 0 Å². The summed E-state index contributed by atoms with van der Waals surface area (Å²) in [4.78, 5) is 0.870. The fourth-order valence-corrected chi connectivity index (χ4v) is 1.64. The van der Waals surface area contributed by atoms with E-state index in [4.69, 9.17) is 5.84 Å². The standard InChI is InChI=1S/C6H7IN2S/c7-4-1-2-5(9-8)6(10)3-4/h1-3,9-10H,8H2. The molecule has 0 amide bonds. The van der Waals surface area contributed by atoms with Gasteiger partial charge in [0.05, 0.1) is 5.69 Å². The minimum absolute atomic E-state index is 0.851. The number of hydrogen-bond acceptors (Lipinski definition) is 3. The van der Waals surface area contributed by atoms with E-state index in [1.54, 1.807) is 0 Å². The van der Waals surface area contributed by atoms with Crippen molar-refractivity contribution in [2.24, 2.45) is 5.84 Å². The van der Waals surface area contributed by atoms with E-state index < -0.39 is 0 Å². The minimum atomic E-state index is 0.851. The van der Waals surface area contributed by atoms with Crippen LogP contribution in [0.2, 0.25) is 0 Å². The van der Waals surface area contributed by atoms with E-state index in [0.29, 0.717) is 0 Å². The van der Waals surface area contributed by atoms with Gasteiger partial charge in [0.25, 0.3) is 0 Å². The van der Waals surface area contributed by atoms with Gasteiger partial charge in [-0.25, -0.2) is 0 Å². The second-order valence-electron chi connectivity index (χ2n) is 1.81. The van der Waals surface area contributed by atoms with E-state index in [-0.39, 0.29) is 0 Å². The van der Waals surface area contributed by atoms with Crippen molar-refractivity contribution in [2.75, 3.05) is 5.43 Å². The molecule has 3 N–H and O–H groups in total. The van der Waals surface area contributed by atoms with E-state index in [2.05, 4.69) is 40.6 Å². The molecule has 0 bridgehead atoms. The molecule has 1 aromatic rings. The number of hydrazine groups is 1. The van der Waals surface area contributed by atoms with Gasteiger partial charge in [0, 0.05) is 8.47 Å². The lowest BCUT2D eigenvalue weighted by molar-refractivity contribution is 1.29. The van der Waals surface area contributed by atoms with Crippen molar-refractivity contribution in [3.05, 3.63) is 21.8 Å². The molecule has 0 atom stereocenters. The third-order valence-electron chi connectivity index (χ3n) is 1.12. The second kappa shape index (κ2) is 3.45. The molecular weight excluding hydrogens is 259 g/mol. The highest BCUT2D eigenvalue weighted by molar-refractivity contribution is 14.1. The largest absolute Gasteiger partial charge is 0.323 e. The summed E-state index contributed by atoms with van der Waals surface area (Å²) < 4.78 is 1.15. The summed E-state index contributed by atoms with van der Waals surface area (Å²) >= 11 is 6.42. The summed E-state index contributed by atoms with van der Waals surface area (Å²) in [7, 11) is 0. The highest BCUT2D eigenvalue weighted by atomic mass is 127. The fourth-order valence-electron chi connectivity index (χ4n) is 0.627. The molecule has 0 unspecified atom stereocenters. The zero-order valence-corrected chi connectivity index (χ0v) is 8.19. The molecule has 0 fully saturated rings. The van der Waals surface area contributed by atoms with Crippen molar-refractivity contribution in [1.29, 1.82) is 0 Å². The lowest BCUT2D eigenvalue weighted by Gasteiger charge is -2.02. The summed E-state index contributed by atoms with van der Waals surface area (Å²) in [6, 6.07) is 5.80. The van der Waals surface area contributed by atoms with Crippen LogP contribution in [0.15, 0.2) is 23.1 Å². The van der Waals surface area contributed by atoms with Crippen LogP contribution in [-0.2, 0) is 0 Å². The van der Waals surface area contributed by atoms with Crippen LogP contribution in [0.3, 0.4) is 0 Å². The molecule has 2 nitrogen and oxygen atoms in total. The Morgan fingerprint density at radius 2 is 2.20 bits per heavy atom. The number of nitrogen functional groups attached to an aromatic ring is 1. The maximum Gasteiger partial charge on any atom is 0.0619 e. The van der Waals surface area contributed by atoms with Crippen LogP contribution in [0.25, 0.3) is 0 Å². The molecule has 1 rings (SSSR count). The fraction of sp³-hybridized carbons (Fsp3) is 0. The minimum Gasteiger partial charge on any atom is -0.323 e. The molecule has 10 heavy (non-hydrogen) atoms. The Balaban J connectivity index is 3.07. The number of thiol groups is 1. The number of hydrogen-bond donors (Lipinski definition) is 3. The van der Waals surface area contributed by atoms with E-state index in [1.165, 1.54) is 0 Å². The van der Waals surface area contributed by atoms with Crippen molar-refractivity contribution in [2.45, 2.75) is 4.90 Å². The van der Waals surface area contributed by atoms with Gasteiger partial charge in [-0.2, -0.15) is 0 Å². The van der Waals surface area contributed by atoms with Crippen LogP contribution in [0.5, 0.6) is 0 Å². The SMILES string of the molecule is NNc1ccc(I)cc1S. The highest BCUT2D eigenvalue weighted by Gasteiger charge is 1.95. The lowest BCUT2D eigenvalue weighted by atomic mass is 10.3. The van der Waals surface area contributed by atoms with Crippen molar-refractivity contribution in [3.63, 3.8) is 0 Å². The lowest BCUT2D eigenvalue weighted by Crippen LogP contribution is -2.07. The molecule has 0 radical (unpaired) electrons. The van der Waals surface area contributed by atoms with E-state index in [0.717, 1.165) is 14.2 Å². The predicted octanol–water partition coefficient (Wildman–Crippen LogP) is 1.87. The normalized spacial score (nSPS) is 9.50. The molecule has 0 aliphatic heterocycles. The Kier molecular flexibility index (Phi) is 2.82. The van der Waals surface area contributed by atoms with Crippen molar-refractivity contribution in [3.8, 4) is 0 Å². The van der Waals surface area contributed by atoms with E-state index >= 15 is 0 Å². The number of nitrogens with one attached hydrogen (secondary N) is 1. The van der Waals surface area contributed by atoms with Gasteiger partial charge < -0.3 is 5.43 Å². The molecule has 0 saturated carbocycles. The molecule has 4 heteroatoms. The Bertz CT molecular complexity index is 239. The second-order valence-corrected chi connectivity index (χ2v) is 3.53. The van der Waals surface area contributed by atoms with E-state index in [1.807, 2.05) is 18.2 Å². The van der Waals surface area contributed by atoms with Gasteiger partial charge in [-0.05, 0) is 40.8 Å². The first-order chi connectivity index (χ1) is 4.74. The molecule has 0 aromatic heterocycles. The number of rotatable bonds is 1.